The third-order valence-electron chi connectivity index (χ3n) is 3.20. The Hall–Kier alpha value is -1.78. The maximum absolute atomic E-state index is 11.6. The van der Waals surface area contributed by atoms with Gasteiger partial charge in [-0.25, -0.2) is 4.98 Å². The van der Waals surface area contributed by atoms with Crippen molar-refractivity contribution in [1.82, 2.24) is 10.3 Å². The van der Waals surface area contributed by atoms with Gasteiger partial charge in [0.1, 0.15) is 5.82 Å². The average Bonchev–Trinajstić information content (AvgIpc) is 2.38. The topological polar surface area (TPSA) is 71.2 Å². The van der Waals surface area contributed by atoms with E-state index in [1.165, 1.54) is 0 Å². The maximum atomic E-state index is 11.6. The Labute approximate surface area is 101 Å². The normalized spacial score (nSPS) is 20.1. The Bertz CT molecular complexity index is 407. The zero-order valence-electron chi connectivity index (χ0n) is 10.0. The number of aromatic nitrogens is 1. The van der Waals surface area contributed by atoms with Gasteiger partial charge in [0.2, 0.25) is 5.91 Å². The van der Waals surface area contributed by atoms with Gasteiger partial charge in [0.15, 0.2) is 0 Å². The monoisotopic (exact) mass is 234 g/mol. The molecular weight excluding hydrogens is 216 g/mol. The molecular formula is C12H18N4O. The number of carbonyl (C=O) groups excluding carboxylic acids is 1. The van der Waals surface area contributed by atoms with E-state index in [2.05, 4.69) is 15.2 Å². The number of nitrogen functional groups attached to an aromatic ring is 1. The molecule has 0 radical (unpaired) electrons. The molecule has 5 heteroatoms. The van der Waals surface area contributed by atoms with E-state index in [1.54, 1.807) is 13.2 Å². The highest BCUT2D eigenvalue weighted by Crippen LogP contribution is 2.26. The molecule has 1 amide bonds. The molecule has 3 N–H and O–H groups in total. The van der Waals surface area contributed by atoms with Crippen LogP contribution in [-0.2, 0) is 4.79 Å². The summed E-state index contributed by atoms with van der Waals surface area (Å²) in [6.07, 6.45) is 3.63. The number of rotatable bonds is 2. The fraction of sp³-hybridized carbons (Fsp3) is 0.500. The lowest BCUT2D eigenvalue weighted by molar-refractivity contribution is -0.124. The molecule has 17 heavy (non-hydrogen) atoms. The highest BCUT2D eigenvalue weighted by atomic mass is 16.1. The third kappa shape index (κ3) is 2.49. The van der Waals surface area contributed by atoms with E-state index < -0.39 is 0 Å². The first-order chi connectivity index (χ1) is 8.22. The number of hydrogen-bond donors (Lipinski definition) is 2. The van der Waals surface area contributed by atoms with Crippen LogP contribution in [0.3, 0.4) is 0 Å². The van der Waals surface area contributed by atoms with Gasteiger partial charge < -0.3 is 16.0 Å². The van der Waals surface area contributed by atoms with Crippen molar-refractivity contribution in [3.8, 4) is 0 Å². The smallest absolute Gasteiger partial charge is 0.224 e. The summed E-state index contributed by atoms with van der Waals surface area (Å²) in [6.45, 7) is 1.65. The van der Waals surface area contributed by atoms with Crippen LogP contribution in [0.15, 0.2) is 18.3 Å². The number of nitrogens with zero attached hydrogens (tertiary/aromatic N) is 2. The second-order valence-corrected chi connectivity index (χ2v) is 4.31. The lowest BCUT2D eigenvalue weighted by Crippen LogP contribution is -2.42. The maximum Gasteiger partial charge on any atom is 0.224 e. The van der Waals surface area contributed by atoms with Crippen molar-refractivity contribution in [2.75, 3.05) is 30.8 Å². The summed E-state index contributed by atoms with van der Waals surface area (Å²) < 4.78 is 0. The molecule has 0 saturated carbocycles. The van der Waals surface area contributed by atoms with E-state index in [9.17, 15) is 4.79 Å². The molecule has 1 aliphatic rings. The molecule has 2 rings (SSSR count). The molecule has 1 fully saturated rings. The molecule has 2 heterocycles. The number of amides is 1. The Morgan fingerprint density at radius 1 is 1.65 bits per heavy atom. The molecule has 0 spiro atoms. The summed E-state index contributed by atoms with van der Waals surface area (Å²) >= 11 is 0. The molecule has 1 unspecified atom stereocenters. The molecule has 1 aliphatic heterocycles. The van der Waals surface area contributed by atoms with Crippen LogP contribution in [-0.4, -0.2) is 31.0 Å². The van der Waals surface area contributed by atoms with Crippen LogP contribution in [0.2, 0.25) is 0 Å². The van der Waals surface area contributed by atoms with Crippen LogP contribution in [0.1, 0.15) is 12.8 Å². The van der Waals surface area contributed by atoms with Gasteiger partial charge in [0.25, 0.3) is 0 Å². The van der Waals surface area contributed by atoms with Crippen molar-refractivity contribution in [2.45, 2.75) is 12.8 Å². The van der Waals surface area contributed by atoms with Gasteiger partial charge in [-0.2, -0.15) is 0 Å². The second-order valence-electron chi connectivity index (χ2n) is 4.31. The van der Waals surface area contributed by atoms with Crippen molar-refractivity contribution in [3.05, 3.63) is 18.3 Å². The van der Waals surface area contributed by atoms with Crippen LogP contribution in [0.4, 0.5) is 11.5 Å². The molecule has 1 saturated heterocycles. The van der Waals surface area contributed by atoms with Gasteiger partial charge in [-0.1, -0.05) is 0 Å². The molecule has 1 aromatic rings. The van der Waals surface area contributed by atoms with Crippen molar-refractivity contribution >= 4 is 17.4 Å². The minimum absolute atomic E-state index is 0.0494. The van der Waals surface area contributed by atoms with Crippen molar-refractivity contribution < 1.29 is 4.79 Å². The first kappa shape index (κ1) is 11.7. The van der Waals surface area contributed by atoms with Crippen molar-refractivity contribution in [1.29, 1.82) is 0 Å². The quantitative estimate of drug-likeness (QED) is 0.787. The van der Waals surface area contributed by atoms with Gasteiger partial charge in [-0.3, -0.25) is 4.79 Å². The van der Waals surface area contributed by atoms with E-state index in [4.69, 9.17) is 5.73 Å². The second kappa shape index (κ2) is 5.03. The molecule has 0 bridgehead atoms. The number of carbonyl (C=O) groups is 1. The van der Waals surface area contributed by atoms with E-state index in [0.29, 0.717) is 5.82 Å². The highest BCUT2D eigenvalue weighted by Gasteiger charge is 2.26. The van der Waals surface area contributed by atoms with Gasteiger partial charge in [0.05, 0.1) is 11.6 Å². The summed E-state index contributed by atoms with van der Waals surface area (Å²) in [7, 11) is 1.68. The summed E-state index contributed by atoms with van der Waals surface area (Å²) in [6, 6.07) is 3.82. The van der Waals surface area contributed by atoms with Crippen LogP contribution in [0, 0.1) is 5.92 Å². The third-order valence-corrected chi connectivity index (χ3v) is 3.20. The van der Waals surface area contributed by atoms with Crippen molar-refractivity contribution in [3.63, 3.8) is 0 Å². The first-order valence-corrected chi connectivity index (χ1v) is 5.89. The van der Waals surface area contributed by atoms with Gasteiger partial charge in [-0.05, 0) is 25.0 Å². The SMILES string of the molecule is CNC(=O)C1CCCN(c2cccnc2N)C1. The fourth-order valence-electron chi connectivity index (χ4n) is 2.29. The summed E-state index contributed by atoms with van der Waals surface area (Å²) in [5, 5.41) is 2.71. The summed E-state index contributed by atoms with van der Waals surface area (Å²) in [5.41, 5.74) is 6.78. The van der Waals surface area contributed by atoms with Crippen LogP contribution >= 0.6 is 0 Å². The lowest BCUT2D eigenvalue weighted by atomic mass is 9.97. The van der Waals surface area contributed by atoms with E-state index >= 15 is 0 Å². The number of hydrogen-bond acceptors (Lipinski definition) is 4. The molecule has 0 aliphatic carbocycles. The minimum atomic E-state index is 0.0494. The summed E-state index contributed by atoms with van der Waals surface area (Å²) in [4.78, 5) is 17.9. The zero-order chi connectivity index (χ0) is 12.3. The number of pyridine rings is 1. The number of nitrogens with one attached hydrogen (secondary N) is 1. The van der Waals surface area contributed by atoms with Gasteiger partial charge >= 0.3 is 0 Å². The van der Waals surface area contributed by atoms with E-state index in [-0.39, 0.29) is 11.8 Å². The molecule has 1 aromatic heterocycles. The van der Waals surface area contributed by atoms with Crippen LogP contribution in [0.25, 0.3) is 0 Å². The zero-order valence-corrected chi connectivity index (χ0v) is 10.0. The van der Waals surface area contributed by atoms with Crippen LogP contribution < -0.4 is 16.0 Å². The molecule has 5 nitrogen and oxygen atoms in total. The van der Waals surface area contributed by atoms with Gasteiger partial charge in [0, 0.05) is 26.3 Å². The largest absolute Gasteiger partial charge is 0.382 e. The standard InChI is InChI=1S/C12H18N4O/c1-14-12(17)9-4-3-7-16(8-9)10-5-2-6-15-11(10)13/h2,5-6,9H,3-4,7-8H2,1H3,(H2,13,15)(H,14,17). The lowest BCUT2D eigenvalue weighted by Gasteiger charge is -2.33. The fourth-order valence-corrected chi connectivity index (χ4v) is 2.29. The minimum Gasteiger partial charge on any atom is -0.382 e. The summed E-state index contributed by atoms with van der Waals surface area (Å²) in [5.74, 6) is 0.690. The number of nitrogens with two attached hydrogens (primary N) is 1. The van der Waals surface area contributed by atoms with Crippen molar-refractivity contribution in [2.24, 2.45) is 5.92 Å². The van der Waals surface area contributed by atoms with E-state index in [1.807, 2.05) is 12.1 Å². The molecule has 0 aromatic carbocycles. The van der Waals surface area contributed by atoms with Gasteiger partial charge in [-0.15, -0.1) is 0 Å². The highest BCUT2D eigenvalue weighted by molar-refractivity contribution is 5.79. The number of anilines is 2. The molecule has 92 valence electrons. The average molecular weight is 234 g/mol. The Kier molecular flexibility index (Phi) is 3.46. The molecule has 1 atom stereocenters. The van der Waals surface area contributed by atoms with E-state index in [0.717, 1.165) is 31.6 Å². The predicted octanol–water partition coefficient (Wildman–Crippen LogP) is 0.626. The number of piperidine rings is 1. The first-order valence-electron chi connectivity index (χ1n) is 5.89. The van der Waals surface area contributed by atoms with Crippen LogP contribution in [0.5, 0.6) is 0 Å². The Balaban J connectivity index is 2.12. The Morgan fingerprint density at radius 3 is 3.18 bits per heavy atom. The Morgan fingerprint density at radius 2 is 2.47 bits per heavy atom. The predicted molar refractivity (Wildman–Crippen MR) is 67.7 cm³/mol.